The lowest BCUT2D eigenvalue weighted by molar-refractivity contribution is 0.0696. The first-order valence-corrected chi connectivity index (χ1v) is 6.33. The molecule has 0 aliphatic rings. The molecule has 0 spiro atoms. The lowest BCUT2D eigenvalue weighted by Crippen LogP contribution is -2.17. The van der Waals surface area contributed by atoms with Crippen molar-refractivity contribution < 1.29 is 23.5 Å². The summed E-state index contributed by atoms with van der Waals surface area (Å²) in [6.45, 7) is 0. The predicted molar refractivity (Wildman–Crippen MR) is 73.2 cm³/mol. The third kappa shape index (κ3) is 3.40. The topological polar surface area (TPSA) is 79.3 Å². The Kier molecular flexibility index (Phi) is 4.27. The Morgan fingerprint density at radius 3 is 2.38 bits per heavy atom. The Bertz CT molecular complexity index is 714. The van der Waals surface area contributed by atoms with Crippen molar-refractivity contribution in [2.45, 2.75) is 0 Å². The molecular weight excluding hydrogens is 350 g/mol. The zero-order valence-corrected chi connectivity index (χ0v) is 11.8. The van der Waals surface area contributed by atoms with Gasteiger partial charge in [0.1, 0.15) is 23.0 Å². The van der Waals surface area contributed by atoms with Crippen molar-refractivity contribution in [3.63, 3.8) is 0 Å². The number of benzene rings is 1. The Morgan fingerprint density at radius 1 is 1.19 bits per heavy atom. The molecule has 5 nitrogen and oxygen atoms in total. The van der Waals surface area contributed by atoms with Gasteiger partial charge in [0, 0.05) is 10.7 Å². The van der Waals surface area contributed by atoms with Gasteiger partial charge in [-0.25, -0.2) is 18.6 Å². The highest BCUT2D eigenvalue weighted by Crippen LogP contribution is 2.20. The average molecular weight is 357 g/mol. The molecule has 1 aromatic carbocycles. The maximum atomic E-state index is 13.6. The molecule has 0 saturated carbocycles. The molecule has 8 heteroatoms. The van der Waals surface area contributed by atoms with Crippen molar-refractivity contribution in [2.24, 2.45) is 0 Å². The van der Waals surface area contributed by atoms with E-state index in [9.17, 15) is 18.4 Å². The molecule has 1 heterocycles. The van der Waals surface area contributed by atoms with Gasteiger partial charge in [-0.3, -0.25) is 4.79 Å². The number of hydrogen-bond acceptors (Lipinski definition) is 3. The number of carboxylic acid groups (broad SMARTS) is 1. The summed E-state index contributed by atoms with van der Waals surface area (Å²) in [6, 6.07) is 4.19. The van der Waals surface area contributed by atoms with E-state index in [4.69, 9.17) is 5.11 Å². The van der Waals surface area contributed by atoms with Crippen molar-refractivity contribution >= 4 is 33.6 Å². The highest BCUT2D eigenvalue weighted by atomic mass is 79.9. The lowest BCUT2D eigenvalue weighted by atomic mass is 10.2. The average Bonchev–Trinajstić information content (AvgIpc) is 2.37. The normalized spacial score (nSPS) is 10.2. The second kappa shape index (κ2) is 5.96. The fourth-order valence-corrected chi connectivity index (χ4v) is 1.97. The summed E-state index contributed by atoms with van der Waals surface area (Å²) in [5.41, 5.74) is -0.891. The minimum absolute atomic E-state index is 0.114. The molecule has 108 valence electrons. The maximum Gasteiger partial charge on any atom is 0.335 e. The maximum absolute atomic E-state index is 13.6. The molecule has 2 N–H and O–H groups in total. The number of halogens is 3. The zero-order valence-electron chi connectivity index (χ0n) is 10.2. The molecule has 0 unspecified atom stereocenters. The fraction of sp³-hybridized carbons (Fsp3) is 0. The van der Waals surface area contributed by atoms with E-state index in [1.54, 1.807) is 0 Å². The highest BCUT2D eigenvalue weighted by Gasteiger charge is 2.19. The Balaban J connectivity index is 2.30. The zero-order chi connectivity index (χ0) is 15.6. The number of amides is 1. The van der Waals surface area contributed by atoms with Gasteiger partial charge in [0.25, 0.3) is 5.91 Å². The van der Waals surface area contributed by atoms with Crippen LogP contribution in [-0.2, 0) is 0 Å². The first kappa shape index (κ1) is 15.0. The fourth-order valence-electron chi connectivity index (χ4n) is 1.57. The number of anilines is 1. The van der Waals surface area contributed by atoms with Crippen LogP contribution in [0, 0.1) is 11.6 Å². The van der Waals surface area contributed by atoms with Crippen molar-refractivity contribution in [2.75, 3.05) is 5.32 Å². The van der Waals surface area contributed by atoms with Gasteiger partial charge in [-0.2, -0.15) is 0 Å². The van der Waals surface area contributed by atoms with Crippen molar-refractivity contribution in [3.05, 3.63) is 57.7 Å². The number of aromatic nitrogens is 1. The van der Waals surface area contributed by atoms with Crippen molar-refractivity contribution in [3.8, 4) is 0 Å². The number of nitrogens with zero attached hydrogens (tertiary/aromatic N) is 1. The molecule has 0 aliphatic heterocycles. The van der Waals surface area contributed by atoms with Crippen LogP contribution in [0.5, 0.6) is 0 Å². The van der Waals surface area contributed by atoms with E-state index in [1.807, 2.05) is 0 Å². The van der Waals surface area contributed by atoms with Crippen LogP contribution in [-0.4, -0.2) is 22.0 Å². The van der Waals surface area contributed by atoms with E-state index in [2.05, 4.69) is 26.2 Å². The predicted octanol–water partition coefficient (Wildman–Crippen LogP) is 3.07. The molecule has 0 aliphatic carbocycles. The Hall–Kier alpha value is -2.35. The number of nitrogens with one attached hydrogen (secondary N) is 1. The number of aromatic carboxylic acids is 1. The van der Waals surface area contributed by atoms with Gasteiger partial charge in [0.15, 0.2) is 0 Å². The summed E-state index contributed by atoms with van der Waals surface area (Å²) in [4.78, 5) is 26.4. The van der Waals surface area contributed by atoms with Crippen molar-refractivity contribution in [1.29, 1.82) is 0 Å². The number of carbonyl (C=O) groups is 2. The van der Waals surface area contributed by atoms with E-state index in [-0.39, 0.29) is 15.9 Å². The summed E-state index contributed by atoms with van der Waals surface area (Å²) in [7, 11) is 0. The summed E-state index contributed by atoms with van der Waals surface area (Å²) in [5, 5.41) is 11.0. The molecule has 0 atom stereocenters. The van der Waals surface area contributed by atoms with Crippen molar-refractivity contribution in [1.82, 2.24) is 4.98 Å². The third-order valence-electron chi connectivity index (χ3n) is 2.48. The van der Waals surface area contributed by atoms with Gasteiger partial charge in [0.2, 0.25) is 0 Å². The van der Waals surface area contributed by atoms with Gasteiger partial charge < -0.3 is 10.4 Å². The first-order chi connectivity index (χ1) is 9.88. The molecule has 0 radical (unpaired) electrons. The second-order valence-corrected chi connectivity index (χ2v) is 4.85. The van der Waals surface area contributed by atoms with Gasteiger partial charge in [-0.15, -0.1) is 0 Å². The van der Waals surface area contributed by atoms with Crippen LogP contribution >= 0.6 is 15.9 Å². The SMILES string of the molecule is O=C(O)c1ccnc(NC(=O)c2c(F)cc(Br)cc2F)c1. The molecule has 2 rings (SSSR count). The summed E-state index contributed by atoms with van der Waals surface area (Å²) in [6.07, 6.45) is 1.16. The molecule has 0 saturated heterocycles. The summed E-state index contributed by atoms with van der Waals surface area (Å²) in [5.74, 6) is -4.49. The van der Waals surface area contributed by atoms with Crippen LogP contribution in [0.2, 0.25) is 0 Å². The minimum Gasteiger partial charge on any atom is -0.478 e. The van der Waals surface area contributed by atoms with Crippen LogP contribution in [0.3, 0.4) is 0 Å². The highest BCUT2D eigenvalue weighted by molar-refractivity contribution is 9.10. The van der Waals surface area contributed by atoms with Crippen LogP contribution in [0.15, 0.2) is 34.9 Å². The number of carbonyl (C=O) groups excluding carboxylic acids is 1. The standard InChI is InChI=1S/C13H7BrF2N2O3/c14-7-4-8(15)11(9(16)5-7)12(19)18-10-3-6(13(20)21)1-2-17-10/h1-5H,(H,20,21)(H,17,18,19). The van der Waals surface area contributed by atoms with E-state index in [0.717, 1.165) is 24.4 Å². The monoisotopic (exact) mass is 356 g/mol. The van der Waals surface area contributed by atoms with E-state index in [0.29, 0.717) is 0 Å². The molecule has 0 fully saturated rings. The summed E-state index contributed by atoms with van der Waals surface area (Å²) < 4.78 is 27.4. The molecule has 1 amide bonds. The van der Waals surface area contributed by atoms with Gasteiger partial charge >= 0.3 is 5.97 Å². The molecule has 1 aromatic heterocycles. The molecule has 2 aromatic rings. The molecular formula is C13H7BrF2N2O3. The van der Waals surface area contributed by atoms with Crippen LogP contribution in [0.1, 0.15) is 20.7 Å². The minimum atomic E-state index is -1.21. The number of hydrogen-bond donors (Lipinski definition) is 2. The smallest absolute Gasteiger partial charge is 0.335 e. The van der Waals surface area contributed by atoms with Crippen LogP contribution in [0.25, 0.3) is 0 Å². The molecule has 0 bridgehead atoms. The number of carboxylic acids is 1. The van der Waals surface area contributed by atoms with Crippen LogP contribution in [0.4, 0.5) is 14.6 Å². The van der Waals surface area contributed by atoms with E-state index < -0.39 is 29.1 Å². The van der Waals surface area contributed by atoms with Gasteiger partial charge in [0.05, 0.1) is 5.56 Å². The number of pyridine rings is 1. The largest absolute Gasteiger partial charge is 0.478 e. The summed E-state index contributed by atoms with van der Waals surface area (Å²) >= 11 is 2.90. The van der Waals surface area contributed by atoms with Crippen LogP contribution < -0.4 is 5.32 Å². The lowest BCUT2D eigenvalue weighted by Gasteiger charge is -2.07. The Labute approximate surface area is 125 Å². The Morgan fingerprint density at radius 2 is 1.81 bits per heavy atom. The third-order valence-corrected chi connectivity index (χ3v) is 2.94. The van der Waals surface area contributed by atoms with E-state index in [1.165, 1.54) is 6.07 Å². The van der Waals surface area contributed by atoms with Gasteiger partial charge in [-0.1, -0.05) is 15.9 Å². The van der Waals surface area contributed by atoms with Gasteiger partial charge in [-0.05, 0) is 24.3 Å². The second-order valence-electron chi connectivity index (χ2n) is 3.93. The van der Waals surface area contributed by atoms with E-state index >= 15 is 0 Å². The number of rotatable bonds is 3. The quantitative estimate of drug-likeness (QED) is 0.885. The first-order valence-electron chi connectivity index (χ1n) is 5.53. The molecule has 21 heavy (non-hydrogen) atoms.